The molecule has 0 aliphatic carbocycles. The fourth-order valence-electron chi connectivity index (χ4n) is 2.59. The Morgan fingerprint density at radius 3 is 2.68 bits per heavy atom. The Balaban J connectivity index is 3.26. The molecule has 0 radical (unpaired) electrons. The molecule has 1 aromatic carbocycles. The predicted molar refractivity (Wildman–Crippen MR) is 75.1 cm³/mol. The highest BCUT2D eigenvalue weighted by Crippen LogP contribution is 2.36. The molecule has 3 heteroatoms. The summed E-state index contributed by atoms with van der Waals surface area (Å²) in [5, 5.41) is 8.84. The van der Waals surface area contributed by atoms with Gasteiger partial charge < -0.3 is 4.74 Å². The molecular weight excluding hydrogens is 238 g/mol. The summed E-state index contributed by atoms with van der Waals surface area (Å²) in [7, 11) is 1.61. The van der Waals surface area contributed by atoms with E-state index in [0.29, 0.717) is 12.8 Å². The van der Waals surface area contributed by atoms with E-state index in [1.54, 1.807) is 14.0 Å². The summed E-state index contributed by atoms with van der Waals surface area (Å²) in [5.41, 5.74) is 0.399. The largest absolute Gasteiger partial charge is 0.497 e. The number of rotatable bonds is 7. The van der Waals surface area contributed by atoms with Gasteiger partial charge in [-0.05, 0) is 37.5 Å². The molecule has 0 saturated carbocycles. The van der Waals surface area contributed by atoms with Gasteiger partial charge in [-0.3, -0.25) is 4.79 Å². The predicted octanol–water partition coefficient (Wildman–Crippen LogP) is 3.63. The zero-order valence-electron chi connectivity index (χ0n) is 11.9. The van der Waals surface area contributed by atoms with E-state index in [0.717, 1.165) is 24.2 Å². The molecule has 0 heterocycles. The third-order valence-electron chi connectivity index (χ3n) is 3.64. The highest BCUT2D eigenvalue weighted by molar-refractivity contribution is 5.88. The van der Waals surface area contributed by atoms with E-state index < -0.39 is 5.41 Å². The standard InChI is InChI=1S/C16H21NO2/c1-4-9-16(13(2)18,10-6-11-17)14-7-5-8-15(12-14)19-3/h5,7-8,12H,4,6,9-10H2,1-3H3/t16-/m0/s1. The minimum atomic E-state index is -0.557. The van der Waals surface area contributed by atoms with Crippen molar-refractivity contribution in [1.82, 2.24) is 0 Å². The molecule has 19 heavy (non-hydrogen) atoms. The van der Waals surface area contributed by atoms with E-state index in [9.17, 15) is 4.79 Å². The van der Waals surface area contributed by atoms with Crippen molar-refractivity contribution in [1.29, 1.82) is 5.26 Å². The first kappa shape index (κ1) is 15.2. The summed E-state index contributed by atoms with van der Waals surface area (Å²) >= 11 is 0. The lowest BCUT2D eigenvalue weighted by Crippen LogP contribution is -2.34. The van der Waals surface area contributed by atoms with Crippen molar-refractivity contribution >= 4 is 5.78 Å². The number of ketones is 1. The van der Waals surface area contributed by atoms with Gasteiger partial charge in [0.2, 0.25) is 0 Å². The summed E-state index contributed by atoms with van der Waals surface area (Å²) < 4.78 is 5.24. The van der Waals surface area contributed by atoms with E-state index in [2.05, 4.69) is 13.0 Å². The number of carbonyl (C=O) groups is 1. The number of carbonyl (C=O) groups excluding carboxylic acids is 1. The first-order chi connectivity index (χ1) is 9.10. The first-order valence-electron chi connectivity index (χ1n) is 6.63. The highest BCUT2D eigenvalue weighted by atomic mass is 16.5. The van der Waals surface area contributed by atoms with Gasteiger partial charge in [-0.25, -0.2) is 0 Å². The maximum atomic E-state index is 12.2. The number of ether oxygens (including phenoxy) is 1. The second-order valence-electron chi connectivity index (χ2n) is 4.78. The first-order valence-corrected chi connectivity index (χ1v) is 6.63. The van der Waals surface area contributed by atoms with Gasteiger partial charge >= 0.3 is 0 Å². The van der Waals surface area contributed by atoms with E-state index in [1.807, 2.05) is 24.3 Å². The molecule has 0 aliphatic rings. The molecule has 0 saturated heterocycles. The topological polar surface area (TPSA) is 50.1 Å². The molecule has 0 bridgehead atoms. The second kappa shape index (κ2) is 6.94. The van der Waals surface area contributed by atoms with Crippen molar-refractivity contribution in [3.05, 3.63) is 29.8 Å². The molecule has 1 atom stereocenters. The van der Waals surface area contributed by atoms with E-state index in [1.165, 1.54) is 0 Å². The summed E-state index contributed by atoms with van der Waals surface area (Å²) in [4.78, 5) is 12.2. The molecule has 0 amide bonds. The Bertz CT molecular complexity index is 476. The summed E-state index contributed by atoms with van der Waals surface area (Å²) in [6.07, 6.45) is 2.62. The number of Topliss-reactive ketones (excluding diaryl/α,β-unsaturated/α-hetero) is 1. The molecule has 0 fully saturated rings. The summed E-state index contributed by atoms with van der Waals surface area (Å²) in [6, 6.07) is 9.78. The number of benzene rings is 1. The molecule has 0 spiro atoms. The van der Waals surface area contributed by atoms with Gasteiger partial charge in [0.05, 0.1) is 18.6 Å². The van der Waals surface area contributed by atoms with Crippen molar-refractivity contribution in [2.24, 2.45) is 0 Å². The monoisotopic (exact) mass is 259 g/mol. The van der Waals surface area contributed by atoms with Gasteiger partial charge in [-0.2, -0.15) is 5.26 Å². The van der Waals surface area contributed by atoms with Gasteiger partial charge in [-0.1, -0.05) is 25.5 Å². The maximum Gasteiger partial charge on any atom is 0.140 e. The Morgan fingerprint density at radius 2 is 2.16 bits per heavy atom. The van der Waals surface area contributed by atoms with Crippen LogP contribution < -0.4 is 4.74 Å². The molecule has 1 rings (SSSR count). The number of hydrogen-bond donors (Lipinski definition) is 0. The molecular formula is C16H21NO2. The molecule has 102 valence electrons. The lowest BCUT2D eigenvalue weighted by atomic mass is 9.70. The van der Waals surface area contributed by atoms with Crippen LogP contribution in [-0.4, -0.2) is 12.9 Å². The number of hydrogen-bond acceptors (Lipinski definition) is 3. The van der Waals surface area contributed by atoms with Crippen LogP contribution in [0.2, 0.25) is 0 Å². The van der Waals surface area contributed by atoms with Crippen molar-refractivity contribution in [3.8, 4) is 11.8 Å². The number of nitrogens with zero attached hydrogens (tertiary/aromatic N) is 1. The number of nitriles is 1. The van der Waals surface area contributed by atoms with Crippen molar-refractivity contribution in [2.45, 2.75) is 44.9 Å². The normalized spacial score (nSPS) is 13.4. The Kier molecular flexibility index (Phi) is 5.57. The number of methoxy groups -OCH3 is 1. The maximum absolute atomic E-state index is 12.2. The van der Waals surface area contributed by atoms with Crippen LogP contribution >= 0.6 is 0 Å². The Labute approximate surface area is 115 Å². The SMILES string of the molecule is CCC[C@](CCC#N)(C(C)=O)c1cccc(OC)c1. The summed E-state index contributed by atoms with van der Waals surface area (Å²) in [6.45, 7) is 3.68. The van der Waals surface area contributed by atoms with Crippen LogP contribution in [0.4, 0.5) is 0 Å². The second-order valence-corrected chi connectivity index (χ2v) is 4.78. The molecule has 0 unspecified atom stereocenters. The average Bonchev–Trinajstić information content (AvgIpc) is 2.43. The quantitative estimate of drug-likeness (QED) is 0.751. The van der Waals surface area contributed by atoms with Crippen LogP contribution in [0.25, 0.3) is 0 Å². The Morgan fingerprint density at radius 1 is 1.42 bits per heavy atom. The van der Waals surface area contributed by atoms with E-state index in [-0.39, 0.29) is 5.78 Å². The molecule has 0 aliphatic heterocycles. The van der Waals surface area contributed by atoms with Crippen molar-refractivity contribution < 1.29 is 9.53 Å². The summed E-state index contributed by atoms with van der Waals surface area (Å²) in [5.74, 6) is 0.869. The fraction of sp³-hybridized carbons (Fsp3) is 0.500. The lowest BCUT2D eigenvalue weighted by molar-refractivity contribution is -0.123. The lowest BCUT2D eigenvalue weighted by Gasteiger charge is -2.31. The minimum absolute atomic E-state index is 0.123. The zero-order valence-corrected chi connectivity index (χ0v) is 11.9. The zero-order chi connectivity index (χ0) is 14.3. The molecule has 0 aromatic heterocycles. The third-order valence-corrected chi connectivity index (χ3v) is 3.64. The smallest absolute Gasteiger partial charge is 0.140 e. The van der Waals surface area contributed by atoms with Crippen molar-refractivity contribution in [3.63, 3.8) is 0 Å². The minimum Gasteiger partial charge on any atom is -0.497 e. The highest BCUT2D eigenvalue weighted by Gasteiger charge is 2.36. The van der Waals surface area contributed by atoms with Gasteiger partial charge in [0.15, 0.2) is 0 Å². The van der Waals surface area contributed by atoms with Crippen molar-refractivity contribution in [2.75, 3.05) is 7.11 Å². The van der Waals surface area contributed by atoms with E-state index >= 15 is 0 Å². The van der Waals surface area contributed by atoms with E-state index in [4.69, 9.17) is 10.00 Å². The van der Waals surface area contributed by atoms with Crippen LogP contribution in [0.3, 0.4) is 0 Å². The van der Waals surface area contributed by atoms with Crippen LogP contribution in [0.5, 0.6) is 5.75 Å². The van der Waals surface area contributed by atoms with Crippen LogP contribution in [-0.2, 0) is 10.2 Å². The molecule has 3 nitrogen and oxygen atoms in total. The van der Waals surface area contributed by atoms with Gasteiger partial charge in [-0.15, -0.1) is 0 Å². The average molecular weight is 259 g/mol. The van der Waals surface area contributed by atoms with Crippen LogP contribution in [0.15, 0.2) is 24.3 Å². The Hall–Kier alpha value is -1.82. The van der Waals surface area contributed by atoms with Crippen LogP contribution in [0, 0.1) is 11.3 Å². The fourth-order valence-corrected chi connectivity index (χ4v) is 2.59. The van der Waals surface area contributed by atoms with Gasteiger partial charge in [0.1, 0.15) is 11.5 Å². The van der Waals surface area contributed by atoms with Crippen LogP contribution in [0.1, 0.15) is 45.1 Å². The molecule has 1 aromatic rings. The third kappa shape index (κ3) is 3.35. The van der Waals surface area contributed by atoms with Gasteiger partial charge in [0, 0.05) is 6.42 Å². The van der Waals surface area contributed by atoms with Gasteiger partial charge in [0.25, 0.3) is 0 Å². The molecule has 0 N–H and O–H groups in total.